The monoisotopic (exact) mass is 355 g/mol. The first-order valence-corrected chi connectivity index (χ1v) is 8.34. The molecule has 4 nitrogen and oxygen atoms in total. The summed E-state index contributed by atoms with van der Waals surface area (Å²) < 4.78 is 29.2. The van der Waals surface area contributed by atoms with Crippen molar-refractivity contribution in [3.8, 4) is 5.75 Å². The van der Waals surface area contributed by atoms with Crippen molar-refractivity contribution < 1.29 is 13.2 Å². The van der Waals surface area contributed by atoms with E-state index in [-0.39, 0.29) is 4.90 Å². The lowest BCUT2D eigenvalue weighted by molar-refractivity contribution is 0.255. The van der Waals surface area contributed by atoms with Gasteiger partial charge in [0.1, 0.15) is 17.3 Å². The molecule has 0 radical (unpaired) electrons. The molecule has 1 aromatic rings. The molecule has 0 aliphatic rings. The van der Waals surface area contributed by atoms with E-state index in [0.29, 0.717) is 23.4 Å². The zero-order valence-electron chi connectivity index (χ0n) is 10.4. The number of nitrogens with zero attached hydrogens (tertiary/aromatic N) is 1. The van der Waals surface area contributed by atoms with Crippen molar-refractivity contribution >= 4 is 35.7 Å². The Kier molecular flexibility index (Phi) is 5.46. The fourth-order valence-corrected chi connectivity index (χ4v) is 3.17. The van der Waals surface area contributed by atoms with Gasteiger partial charge in [-0.05, 0) is 38.7 Å². The van der Waals surface area contributed by atoms with Crippen molar-refractivity contribution in [2.45, 2.75) is 11.8 Å². The summed E-state index contributed by atoms with van der Waals surface area (Å²) >= 11 is 3.24. The van der Waals surface area contributed by atoms with Gasteiger partial charge in [0.15, 0.2) is 0 Å². The fraction of sp³-hybridized carbons (Fsp3) is 0.455. The number of halogens is 2. The van der Waals surface area contributed by atoms with E-state index in [1.54, 1.807) is 13.0 Å². The zero-order chi connectivity index (χ0) is 13.9. The zero-order valence-corrected chi connectivity index (χ0v) is 13.6. The Labute approximate surface area is 120 Å². The SMILES string of the molecule is Cc1cc(Br)cc(S(=O)(=O)Cl)c1OCCN(C)C. The smallest absolute Gasteiger partial charge is 0.265 e. The third kappa shape index (κ3) is 4.42. The Morgan fingerprint density at radius 2 is 2.00 bits per heavy atom. The van der Waals surface area contributed by atoms with Crippen molar-refractivity contribution in [3.63, 3.8) is 0 Å². The van der Waals surface area contributed by atoms with Gasteiger partial charge >= 0.3 is 0 Å². The molecule has 0 amide bonds. The molecule has 18 heavy (non-hydrogen) atoms. The molecule has 0 aliphatic carbocycles. The molecule has 1 rings (SSSR count). The number of likely N-dealkylation sites (N-methyl/N-ethyl adjacent to an activating group) is 1. The van der Waals surface area contributed by atoms with E-state index in [1.807, 2.05) is 19.0 Å². The normalized spacial score (nSPS) is 11.9. The molecule has 0 aromatic heterocycles. The lowest BCUT2D eigenvalue weighted by Crippen LogP contribution is -2.20. The van der Waals surface area contributed by atoms with Crippen molar-refractivity contribution in [1.29, 1.82) is 0 Å². The second-order valence-corrected chi connectivity index (χ2v) is 7.59. The van der Waals surface area contributed by atoms with Crippen molar-refractivity contribution in [2.24, 2.45) is 0 Å². The molecule has 1 aromatic carbocycles. The van der Waals surface area contributed by atoms with E-state index >= 15 is 0 Å². The summed E-state index contributed by atoms with van der Waals surface area (Å²) in [5.41, 5.74) is 0.724. The van der Waals surface area contributed by atoms with Gasteiger partial charge in [-0.1, -0.05) is 15.9 Å². The van der Waals surface area contributed by atoms with Gasteiger partial charge in [0, 0.05) is 21.7 Å². The lowest BCUT2D eigenvalue weighted by atomic mass is 10.2. The average Bonchev–Trinajstić information content (AvgIpc) is 2.18. The molecular weight excluding hydrogens is 342 g/mol. The van der Waals surface area contributed by atoms with Gasteiger partial charge in [-0.2, -0.15) is 0 Å². The first-order valence-electron chi connectivity index (χ1n) is 5.24. The molecule has 0 N–H and O–H groups in total. The van der Waals surface area contributed by atoms with Crippen LogP contribution < -0.4 is 4.74 Å². The first kappa shape index (κ1) is 15.8. The lowest BCUT2D eigenvalue weighted by Gasteiger charge is -2.15. The molecule has 0 aliphatic heterocycles. The highest BCUT2D eigenvalue weighted by Gasteiger charge is 2.20. The van der Waals surface area contributed by atoms with Crippen LogP contribution in [0.2, 0.25) is 0 Å². The molecule has 0 saturated heterocycles. The third-order valence-electron chi connectivity index (χ3n) is 2.25. The summed E-state index contributed by atoms with van der Waals surface area (Å²) in [5, 5.41) is 0. The highest BCUT2D eigenvalue weighted by molar-refractivity contribution is 9.10. The van der Waals surface area contributed by atoms with E-state index < -0.39 is 9.05 Å². The Balaban J connectivity index is 3.09. The molecule has 0 saturated carbocycles. The van der Waals surface area contributed by atoms with E-state index in [0.717, 1.165) is 5.56 Å². The summed E-state index contributed by atoms with van der Waals surface area (Å²) in [5.74, 6) is 0.315. The first-order chi connectivity index (χ1) is 8.21. The highest BCUT2D eigenvalue weighted by Crippen LogP contribution is 2.33. The van der Waals surface area contributed by atoms with Gasteiger partial charge in [0.25, 0.3) is 9.05 Å². The molecule has 0 unspecified atom stereocenters. The average molecular weight is 357 g/mol. The van der Waals surface area contributed by atoms with Crippen LogP contribution in [0.15, 0.2) is 21.5 Å². The van der Waals surface area contributed by atoms with Crippen LogP contribution in [0, 0.1) is 6.92 Å². The van der Waals surface area contributed by atoms with E-state index in [1.165, 1.54) is 6.07 Å². The number of rotatable bonds is 5. The van der Waals surface area contributed by atoms with Crippen LogP contribution >= 0.6 is 26.6 Å². The van der Waals surface area contributed by atoms with Crippen molar-refractivity contribution in [3.05, 3.63) is 22.2 Å². The van der Waals surface area contributed by atoms with E-state index in [2.05, 4.69) is 15.9 Å². The molecule has 7 heteroatoms. The molecule has 0 atom stereocenters. The number of benzene rings is 1. The minimum atomic E-state index is -3.83. The van der Waals surface area contributed by atoms with Crippen molar-refractivity contribution in [2.75, 3.05) is 27.2 Å². The second-order valence-electron chi connectivity index (χ2n) is 4.14. The summed E-state index contributed by atoms with van der Waals surface area (Å²) in [6.07, 6.45) is 0. The maximum absolute atomic E-state index is 11.5. The Morgan fingerprint density at radius 1 is 1.39 bits per heavy atom. The van der Waals surface area contributed by atoms with Gasteiger partial charge in [-0.15, -0.1) is 0 Å². The van der Waals surface area contributed by atoms with Gasteiger partial charge < -0.3 is 9.64 Å². The molecule has 0 bridgehead atoms. The number of hydrogen-bond donors (Lipinski definition) is 0. The van der Waals surface area contributed by atoms with Gasteiger partial charge in [-0.3, -0.25) is 0 Å². The summed E-state index contributed by atoms with van der Waals surface area (Å²) in [6, 6.07) is 3.23. The van der Waals surface area contributed by atoms with Gasteiger partial charge in [-0.25, -0.2) is 8.42 Å². The molecule has 0 fully saturated rings. The standard InChI is InChI=1S/C11H15BrClNO3S/c1-8-6-9(12)7-10(18(13,15)16)11(8)17-5-4-14(2)3/h6-7H,4-5H2,1-3H3. The predicted octanol–water partition coefficient (Wildman–Crippen LogP) is 2.63. The van der Waals surface area contributed by atoms with Crippen LogP contribution in [0.1, 0.15) is 5.56 Å². The minimum absolute atomic E-state index is 0.00482. The number of ether oxygens (including phenoxy) is 1. The summed E-state index contributed by atoms with van der Waals surface area (Å²) in [4.78, 5) is 1.94. The number of aryl methyl sites for hydroxylation is 1. The maximum Gasteiger partial charge on any atom is 0.265 e. The van der Waals surface area contributed by atoms with E-state index in [4.69, 9.17) is 15.4 Å². The van der Waals surface area contributed by atoms with Crippen LogP contribution in [0.25, 0.3) is 0 Å². The Morgan fingerprint density at radius 3 is 2.50 bits per heavy atom. The molecule has 102 valence electrons. The Bertz CT molecular complexity index is 531. The van der Waals surface area contributed by atoms with Crippen LogP contribution in [-0.2, 0) is 9.05 Å². The summed E-state index contributed by atoms with van der Waals surface area (Å²) in [6.45, 7) is 2.87. The van der Waals surface area contributed by atoms with Crippen LogP contribution in [-0.4, -0.2) is 40.6 Å². The van der Waals surface area contributed by atoms with Crippen LogP contribution in [0.4, 0.5) is 0 Å². The summed E-state index contributed by atoms with van der Waals surface area (Å²) in [7, 11) is 5.41. The topological polar surface area (TPSA) is 46.6 Å². The molecule has 0 heterocycles. The molecular formula is C11H15BrClNO3S. The quantitative estimate of drug-likeness (QED) is 0.761. The van der Waals surface area contributed by atoms with Gasteiger partial charge in [0.2, 0.25) is 0 Å². The molecule has 0 spiro atoms. The van der Waals surface area contributed by atoms with E-state index in [9.17, 15) is 8.42 Å². The van der Waals surface area contributed by atoms with Crippen molar-refractivity contribution in [1.82, 2.24) is 4.90 Å². The highest BCUT2D eigenvalue weighted by atomic mass is 79.9. The van der Waals surface area contributed by atoms with Gasteiger partial charge in [0.05, 0.1) is 0 Å². The largest absolute Gasteiger partial charge is 0.491 e. The fourth-order valence-electron chi connectivity index (χ4n) is 1.40. The second kappa shape index (κ2) is 6.23. The Hall–Kier alpha value is -0.300. The van der Waals surface area contributed by atoms with Crippen LogP contribution in [0.3, 0.4) is 0 Å². The van der Waals surface area contributed by atoms with Crippen LogP contribution in [0.5, 0.6) is 5.75 Å². The predicted molar refractivity (Wildman–Crippen MR) is 76.0 cm³/mol. The third-order valence-corrected chi connectivity index (χ3v) is 4.04. The number of hydrogen-bond acceptors (Lipinski definition) is 4. The maximum atomic E-state index is 11.5. The minimum Gasteiger partial charge on any atom is -0.491 e.